The third-order valence-electron chi connectivity index (χ3n) is 4.34. The number of amides is 2. The molecule has 2 aromatic carbocycles. The van der Waals surface area contributed by atoms with Crippen LogP contribution in [0.4, 0.5) is 0 Å². The molecule has 1 fully saturated rings. The van der Waals surface area contributed by atoms with Gasteiger partial charge in [0.2, 0.25) is 5.91 Å². The molecular weight excluding hydrogens is 304 g/mol. The number of fused-ring (bicyclic) bond motifs is 1. The van der Waals surface area contributed by atoms with Gasteiger partial charge in [0, 0.05) is 20.1 Å². The maximum Gasteiger partial charge on any atom is 0.260 e. The highest BCUT2D eigenvalue weighted by Gasteiger charge is 2.21. The minimum absolute atomic E-state index is 0.00838. The van der Waals surface area contributed by atoms with Gasteiger partial charge in [-0.15, -0.1) is 0 Å². The van der Waals surface area contributed by atoms with E-state index in [1.165, 1.54) is 4.90 Å². The van der Waals surface area contributed by atoms with Crippen LogP contribution in [0.5, 0.6) is 5.75 Å². The highest BCUT2D eigenvalue weighted by molar-refractivity contribution is 5.86. The highest BCUT2D eigenvalue weighted by Crippen LogP contribution is 2.20. The zero-order valence-electron chi connectivity index (χ0n) is 13.9. The summed E-state index contributed by atoms with van der Waals surface area (Å²) >= 11 is 0. The summed E-state index contributed by atoms with van der Waals surface area (Å²) in [5.41, 5.74) is 0. The minimum atomic E-state index is -0.198. The zero-order chi connectivity index (χ0) is 16.9. The van der Waals surface area contributed by atoms with Gasteiger partial charge < -0.3 is 14.5 Å². The average molecular weight is 326 g/mol. The number of nitrogens with zero attached hydrogens (tertiary/aromatic N) is 2. The van der Waals surface area contributed by atoms with Gasteiger partial charge in [0.05, 0.1) is 6.54 Å². The third kappa shape index (κ3) is 3.85. The molecule has 3 rings (SSSR count). The Morgan fingerprint density at radius 2 is 1.79 bits per heavy atom. The van der Waals surface area contributed by atoms with Crippen LogP contribution in [0.3, 0.4) is 0 Å². The van der Waals surface area contributed by atoms with Crippen molar-refractivity contribution in [1.82, 2.24) is 9.80 Å². The first-order valence-corrected chi connectivity index (χ1v) is 8.27. The quantitative estimate of drug-likeness (QED) is 0.847. The molecule has 1 aliphatic heterocycles. The van der Waals surface area contributed by atoms with Crippen molar-refractivity contribution < 1.29 is 14.3 Å². The van der Waals surface area contributed by atoms with E-state index in [9.17, 15) is 9.59 Å². The number of benzene rings is 2. The molecule has 5 nitrogen and oxygen atoms in total. The molecule has 0 aliphatic carbocycles. The molecule has 0 spiro atoms. The Balaban J connectivity index is 1.52. The summed E-state index contributed by atoms with van der Waals surface area (Å²) in [6.45, 7) is 1.64. The summed E-state index contributed by atoms with van der Waals surface area (Å²) in [6, 6.07) is 13.7. The molecule has 126 valence electrons. The topological polar surface area (TPSA) is 49.9 Å². The first kappa shape index (κ1) is 16.3. The fraction of sp³-hybridized carbons (Fsp3) is 0.368. The molecule has 2 amide bonds. The summed E-state index contributed by atoms with van der Waals surface area (Å²) in [7, 11) is 1.64. The van der Waals surface area contributed by atoms with Gasteiger partial charge >= 0.3 is 0 Å². The van der Waals surface area contributed by atoms with Crippen LogP contribution in [-0.4, -0.2) is 54.9 Å². The Hall–Kier alpha value is -2.56. The molecule has 1 aliphatic rings. The molecule has 2 aromatic rings. The SMILES string of the molecule is CN(CC(=O)N1CCCC1)C(=O)COc1ccc2ccccc2c1. The predicted octanol–water partition coefficient (Wildman–Crippen LogP) is 2.30. The third-order valence-corrected chi connectivity index (χ3v) is 4.34. The molecule has 24 heavy (non-hydrogen) atoms. The maximum absolute atomic E-state index is 12.2. The Bertz CT molecular complexity index is 738. The first-order chi connectivity index (χ1) is 11.6. The predicted molar refractivity (Wildman–Crippen MR) is 92.9 cm³/mol. The molecule has 0 N–H and O–H groups in total. The van der Waals surface area contributed by atoms with Gasteiger partial charge in [-0.2, -0.15) is 0 Å². The van der Waals surface area contributed by atoms with Crippen molar-refractivity contribution >= 4 is 22.6 Å². The van der Waals surface area contributed by atoms with Crippen LogP contribution < -0.4 is 4.74 Å². The highest BCUT2D eigenvalue weighted by atomic mass is 16.5. The number of likely N-dealkylation sites (N-methyl/N-ethyl adjacent to an activating group) is 1. The van der Waals surface area contributed by atoms with E-state index in [4.69, 9.17) is 4.74 Å². The smallest absolute Gasteiger partial charge is 0.260 e. The molecule has 0 aromatic heterocycles. The van der Waals surface area contributed by atoms with Gasteiger partial charge in [-0.25, -0.2) is 0 Å². The van der Waals surface area contributed by atoms with Crippen molar-refractivity contribution in [2.24, 2.45) is 0 Å². The molecule has 1 saturated heterocycles. The van der Waals surface area contributed by atoms with Crippen molar-refractivity contribution in [2.75, 3.05) is 33.3 Å². The summed E-state index contributed by atoms with van der Waals surface area (Å²) in [6.07, 6.45) is 2.10. The van der Waals surface area contributed by atoms with E-state index in [2.05, 4.69) is 0 Å². The van der Waals surface area contributed by atoms with Gasteiger partial charge in [-0.3, -0.25) is 9.59 Å². The molecule has 0 radical (unpaired) electrons. The Labute approximate surface area is 141 Å². The zero-order valence-corrected chi connectivity index (χ0v) is 13.9. The van der Waals surface area contributed by atoms with Crippen LogP contribution in [-0.2, 0) is 9.59 Å². The van der Waals surface area contributed by atoms with E-state index in [-0.39, 0.29) is 25.0 Å². The summed E-state index contributed by atoms with van der Waals surface area (Å²) < 4.78 is 5.59. The number of likely N-dealkylation sites (tertiary alicyclic amines) is 1. The van der Waals surface area contributed by atoms with Crippen molar-refractivity contribution in [3.8, 4) is 5.75 Å². The van der Waals surface area contributed by atoms with E-state index in [0.717, 1.165) is 36.7 Å². The van der Waals surface area contributed by atoms with Crippen LogP contribution in [0.25, 0.3) is 10.8 Å². The first-order valence-electron chi connectivity index (χ1n) is 8.27. The molecular formula is C19H22N2O3. The van der Waals surface area contributed by atoms with Crippen molar-refractivity contribution in [1.29, 1.82) is 0 Å². The van der Waals surface area contributed by atoms with Crippen LogP contribution >= 0.6 is 0 Å². The molecule has 5 heteroatoms. The van der Waals surface area contributed by atoms with Crippen LogP contribution in [0.1, 0.15) is 12.8 Å². The lowest BCUT2D eigenvalue weighted by molar-refractivity contribution is -0.139. The molecule has 1 heterocycles. The van der Waals surface area contributed by atoms with Crippen LogP contribution in [0.15, 0.2) is 42.5 Å². The van der Waals surface area contributed by atoms with Gasteiger partial charge in [0.1, 0.15) is 5.75 Å². The van der Waals surface area contributed by atoms with Crippen LogP contribution in [0, 0.1) is 0 Å². The fourth-order valence-electron chi connectivity index (χ4n) is 2.87. The summed E-state index contributed by atoms with van der Waals surface area (Å²) in [5.74, 6) is 0.464. The Morgan fingerprint density at radius 1 is 1.08 bits per heavy atom. The number of carbonyl (C=O) groups is 2. The number of hydrogen-bond donors (Lipinski definition) is 0. The average Bonchev–Trinajstić information content (AvgIpc) is 3.14. The van der Waals surface area contributed by atoms with Gasteiger partial charge in [-0.05, 0) is 35.7 Å². The van der Waals surface area contributed by atoms with Gasteiger partial charge in [-0.1, -0.05) is 30.3 Å². The normalized spacial score (nSPS) is 14.0. The lowest BCUT2D eigenvalue weighted by Gasteiger charge is -2.21. The van der Waals surface area contributed by atoms with E-state index in [1.54, 1.807) is 7.05 Å². The van der Waals surface area contributed by atoms with Gasteiger partial charge in [0.25, 0.3) is 5.91 Å². The minimum Gasteiger partial charge on any atom is -0.484 e. The standard InChI is InChI=1S/C19H22N2O3/c1-20(13-18(22)21-10-4-5-11-21)19(23)14-24-17-9-8-15-6-2-3-7-16(15)12-17/h2-3,6-9,12H,4-5,10-11,13-14H2,1H3. The number of hydrogen-bond acceptors (Lipinski definition) is 3. The Kier molecular flexibility index (Phi) is 4.99. The second kappa shape index (κ2) is 7.34. The second-order valence-electron chi connectivity index (χ2n) is 6.14. The maximum atomic E-state index is 12.2. The van der Waals surface area contributed by atoms with E-state index in [1.807, 2.05) is 47.4 Å². The molecule has 0 unspecified atom stereocenters. The van der Waals surface area contributed by atoms with Crippen molar-refractivity contribution in [2.45, 2.75) is 12.8 Å². The van der Waals surface area contributed by atoms with Gasteiger partial charge in [0.15, 0.2) is 6.61 Å². The number of carbonyl (C=O) groups excluding carboxylic acids is 2. The van der Waals surface area contributed by atoms with E-state index in [0.29, 0.717) is 5.75 Å². The molecule has 0 atom stereocenters. The second-order valence-corrected chi connectivity index (χ2v) is 6.14. The number of rotatable bonds is 5. The lowest BCUT2D eigenvalue weighted by atomic mass is 10.1. The summed E-state index contributed by atoms with van der Waals surface area (Å²) in [4.78, 5) is 27.5. The monoisotopic (exact) mass is 326 g/mol. The van der Waals surface area contributed by atoms with E-state index >= 15 is 0 Å². The Morgan fingerprint density at radius 3 is 2.54 bits per heavy atom. The fourth-order valence-corrected chi connectivity index (χ4v) is 2.87. The van der Waals surface area contributed by atoms with Crippen LogP contribution in [0.2, 0.25) is 0 Å². The van der Waals surface area contributed by atoms with Crippen molar-refractivity contribution in [3.63, 3.8) is 0 Å². The molecule has 0 saturated carbocycles. The molecule has 0 bridgehead atoms. The number of ether oxygens (including phenoxy) is 1. The lowest BCUT2D eigenvalue weighted by Crippen LogP contribution is -2.41. The van der Waals surface area contributed by atoms with E-state index < -0.39 is 0 Å². The largest absolute Gasteiger partial charge is 0.484 e. The van der Waals surface area contributed by atoms with Crippen molar-refractivity contribution in [3.05, 3.63) is 42.5 Å². The summed E-state index contributed by atoms with van der Waals surface area (Å²) in [5, 5.41) is 2.20.